The van der Waals surface area contributed by atoms with Gasteiger partial charge in [0.1, 0.15) is 5.71 Å². The third-order valence-corrected chi connectivity index (χ3v) is 3.37. The fourth-order valence-electron chi connectivity index (χ4n) is 1.49. The quantitative estimate of drug-likeness (QED) is 0.754. The van der Waals surface area contributed by atoms with E-state index >= 15 is 0 Å². The Bertz CT molecular complexity index is 538. The van der Waals surface area contributed by atoms with Crippen LogP contribution in [-0.2, 0) is 9.59 Å². The van der Waals surface area contributed by atoms with Crippen LogP contribution in [0.15, 0.2) is 22.6 Å². The molecule has 1 aromatic heterocycles. The van der Waals surface area contributed by atoms with Crippen LogP contribution in [-0.4, -0.2) is 35.5 Å². The Labute approximate surface area is 113 Å². The van der Waals surface area contributed by atoms with Crippen molar-refractivity contribution >= 4 is 34.8 Å². The van der Waals surface area contributed by atoms with Gasteiger partial charge >= 0.3 is 0 Å². The van der Waals surface area contributed by atoms with Gasteiger partial charge < -0.3 is 0 Å². The molecule has 0 fully saturated rings. The summed E-state index contributed by atoms with van der Waals surface area (Å²) in [6.45, 7) is 0. The van der Waals surface area contributed by atoms with E-state index in [-0.39, 0.29) is 30.4 Å². The number of nitrogens with one attached hydrogen (secondary N) is 2. The second-order valence-corrected chi connectivity index (χ2v) is 4.80. The summed E-state index contributed by atoms with van der Waals surface area (Å²) in [6.07, 6.45) is 0.505. The molecule has 7 nitrogen and oxygen atoms in total. The topological polar surface area (TPSA) is 90.9 Å². The van der Waals surface area contributed by atoms with Crippen LogP contribution < -0.4 is 10.9 Å². The van der Waals surface area contributed by atoms with Crippen LogP contribution in [0.4, 0.5) is 0 Å². The SMILES string of the molecule is CN1N=C(C(=O)NNC(=O)c2cccs2)CCC1=O. The van der Waals surface area contributed by atoms with Gasteiger partial charge in [-0.1, -0.05) is 6.07 Å². The highest BCUT2D eigenvalue weighted by atomic mass is 32.1. The first-order chi connectivity index (χ1) is 9.08. The Balaban J connectivity index is 1.90. The molecule has 19 heavy (non-hydrogen) atoms. The lowest BCUT2D eigenvalue weighted by Gasteiger charge is -2.18. The average molecular weight is 280 g/mol. The summed E-state index contributed by atoms with van der Waals surface area (Å²) in [6, 6.07) is 3.39. The van der Waals surface area contributed by atoms with Crippen molar-refractivity contribution in [3.63, 3.8) is 0 Å². The third kappa shape index (κ3) is 3.16. The van der Waals surface area contributed by atoms with E-state index in [0.29, 0.717) is 4.88 Å². The van der Waals surface area contributed by atoms with Crippen LogP contribution in [0.5, 0.6) is 0 Å². The highest BCUT2D eigenvalue weighted by Crippen LogP contribution is 2.08. The molecule has 3 amide bonds. The zero-order chi connectivity index (χ0) is 13.8. The first kappa shape index (κ1) is 13.2. The smallest absolute Gasteiger partial charge is 0.273 e. The fraction of sp³-hybridized carbons (Fsp3) is 0.273. The van der Waals surface area contributed by atoms with E-state index in [4.69, 9.17) is 0 Å². The Morgan fingerprint density at radius 2 is 2.05 bits per heavy atom. The molecule has 0 unspecified atom stereocenters. The number of rotatable bonds is 2. The standard InChI is InChI=1S/C11H12N4O3S/c1-15-9(16)5-4-7(14-15)10(17)12-13-11(18)8-3-2-6-19-8/h2-3,6H,4-5H2,1H3,(H,12,17)(H,13,18). The predicted octanol–water partition coefficient (Wildman–Crippen LogP) is 0.117. The van der Waals surface area contributed by atoms with Gasteiger partial charge in [0.2, 0.25) is 5.91 Å². The van der Waals surface area contributed by atoms with Crippen molar-refractivity contribution < 1.29 is 14.4 Å². The van der Waals surface area contributed by atoms with Crippen LogP contribution in [0, 0.1) is 0 Å². The molecule has 2 rings (SSSR count). The minimum Gasteiger partial charge on any atom is -0.273 e. The molecule has 1 aliphatic rings. The molecule has 2 N–H and O–H groups in total. The largest absolute Gasteiger partial charge is 0.285 e. The van der Waals surface area contributed by atoms with Gasteiger partial charge in [-0.3, -0.25) is 25.2 Å². The molecular formula is C11H12N4O3S. The van der Waals surface area contributed by atoms with Gasteiger partial charge in [-0.25, -0.2) is 5.01 Å². The molecule has 2 heterocycles. The van der Waals surface area contributed by atoms with Crippen molar-refractivity contribution in [3.05, 3.63) is 22.4 Å². The Kier molecular flexibility index (Phi) is 3.91. The second kappa shape index (κ2) is 5.61. The van der Waals surface area contributed by atoms with E-state index in [0.717, 1.165) is 5.01 Å². The molecule has 0 spiro atoms. The highest BCUT2D eigenvalue weighted by molar-refractivity contribution is 7.12. The predicted molar refractivity (Wildman–Crippen MR) is 69.4 cm³/mol. The maximum Gasteiger partial charge on any atom is 0.285 e. The lowest BCUT2D eigenvalue weighted by atomic mass is 10.1. The van der Waals surface area contributed by atoms with Crippen molar-refractivity contribution in [2.45, 2.75) is 12.8 Å². The van der Waals surface area contributed by atoms with E-state index in [2.05, 4.69) is 16.0 Å². The lowest BCUT2D eigenvalue weighted by Crippen LogP contribution is -2.46. The first-order valence-corrected chi connectivity index (χ1v) is 6.44. The minimum atomic E-state index is -0.510. The molecule has 0 aliphatic carbocycles. The summed E-state index contributed by atoms with van der Waals surface area (Å²) in [5.74, 6) is -1.03. The number of hydrogen-bond donors (Lipinski definition) is 2. The van der Waals surface area contributed by atoms with E-state index < -0.39 is 5.91 Å². The van der Waals surface area contributed by atoms with Crippen LogP contribution in [0.2, 0.25) is 0 Å². The molecular weight excluding hydrogens is 268 g/mol. The number of amides is 3. The summed E-state index contributed by atoms with van der Waals surface area (Å²) in [5, 5.41) is 6.73. The van der Waals surface area contributed by atoms with Crippen molar-refractivity contribution in [1.29, 1.82) is 0 Å². The highest BCUT2D eigenvalue weighted by Gasteiger charge is 2.22. The van der Waals surface area contributed by atoms with Crippen molar-refractivity contribution in [2.24, 2.45) is 5.10 Å². The summed E-state index contributed by atoms with van der Waals surface area (Å²) >= 11 is 1.27. The third-order valence-electron chi connectivity index (χ3n) is 2.50. The number of thiophene rings is 1. The molecule has 0 bridgehead atoms. The lowest BCUT2D eigenvalue weighted by molar-refractivity contribution is -0.130. The summed E-state index contributed by atoms with van der Waals surface area (Å²) in [5.41, 5.74) is 4.79. The number of carbonyl (C=O) groups is 3. The normalized spacial score (nSPS) is 14.9. The summed E-state index contributed by atoms with van der Waals surface area (Å²) in [7, 11) is 1.49. The van der Waals surface area contributed by atoms with E-state index in [1.54, 1.807) is 17.5 Å². The maximum atomic E-state index is 11.7. The van der Waals surface area contributed by atoms with Crippen LogP contribution in [0.3, 0.4) is 0 Å². The minimum absolute atomic E-state index is 0.140. The number of hydrogen-bond acceptors (Lipinski definition) is 5. The Hall–Kier alpha value is -2.22. The Morgan fingerprint density at radius 1 is 1.32 bits per heavy atom. The van der Waals surface area contributed by atoms with Gasteiger partial charge in [0.15, 0.2) is 0 Å². The average Bonchev–Trinajstić information content (AvgIpc) is 2.92. The Morgan fingerprint density at radius 3 is 2.68 bits per heavy atom. The van der Waals surface area contributed by atoms with E-state index in [1.807, 2.05) is 0 Å². The maximum absolute atomic E-state index is 11.7. The van der Waals surface area contributed by atoms with Crippen molar-refractivity contribution in [2.75, 3.05) is 7.05 Å². The van der Waals surface area contributed by atoms with Gasteiger partial charge in [-0.15, -0.1) is 11.3 Å². The molecule has 100 valence electrons. The molecule has 0 aromatic carbocycles. The second-order valence-electron chi connectivity index (χ2n) is 3.85. The number of nitrogens with zero attached hydrogens (tertiary/aromatic N) is 2. The fourth-order valence-corrected chi connectivity index (χ4v) is 2.11. The van der Waals surface area contributed by atoms with Crippen molar-refractivity contribution in [1.82, 2.24) is 15.9 Å². The van der Waals surface area contributed by atoms with Crippen LogP contribution in [0.25, 0.3) is 0 Å². The van der Waals surface area contributed by atoms with Crippen LogP contribution in [0.1, 0.15) is 22.5 Å². The van der Waals surface area contributed by atoms with Gasteiger partial charge in [0, 0.05) is 19.9 Å². The van der Waals surface area contributed by atoms with Gasteiger partial charge in [0.05, 0.1) is 4.88 Å². The van der Waals surface area contributed by atoms with E-state index in [9.17, 15) is 14.4 Å². The molecule has 1 aliphatic heterocycles. The zero-order valence-corrected chi connectivity index (χ0v) is 11.0. The monoisotopic (exact) mass is 280 g/mol. The van der Waals surface area contributed by atoms with E-state index in [1.165, 1.54) is 18.4 Å². The molecule has 0 saturated heterocycles. The summed E-state index contributed by atoms with van der Waals surface area (Å²) in [4.78, 5) is 35.0. The zero-order valence-electron chi connectivity index (χ0n) is 10.2. The molecule has 0 atom stereocenters. The number of hydrazone groups is 1. The number of hydrazine groups is 1. The van der Waals surface area contributed by atoms with Crippen molar-refractivity contribution in [3.8, 4) is 0 Å². The molecule has 8 heteroatoms. The molecule has 0 saturated carbocycles. The molecule has 1 aromatic rings. The molecule has 0 radical (unpaired) electrons. The number of carbonyl (C=O) groups excluding carboxylic acids is 3. The van der Waals surface area contributed by atoms with Gasteiger partial charge in [-0.05, 0) is 11.4 Å². The summed E-state index contributed by atoms with van der Waals surface area (Å²) < 4.78 is 0. The van der Waals surface area contributed by atoms with Gasteiger partial charge in [0.25, 0.3) is 11.8 Å². The first-order valence-electron chi connectivity index (χ1n) is 5.56. The van der Waals surface area contributed by atoms with Gasteiger partial charge in [-0.2, -0.15) is 5.10 Å². The van der Waals surface area contributed by atoms with Crippen LogP contribution >= 0.6 is 11.3 Å².